The molecule has 0 unspecified atom stereocenters. The molecule has 1 aliphatic heterocycles. The van der Waals surface area contributed by atoms with E-state index >= 15 is 4.39 Å². The summed E-state index contributed by atoms with van der Waals surface area (Å²) in [5.74, 6) is -0.606. The molecule has 1 amide bonds. The quantitative estimate of drug-likeness (QED) is 0.224. The summed E-state index contributed by atoms with van der Waals surface area (Å²) in [7, 11) is 5.67. The first-order valence-electron chi connectivity index (χ1n) is 16.5. The van der Waals surface area contributed by atoms with Crippen molar-refractivity contribution in [1.29, 1.82) is 0 Å². The van der Waals surface area contributed by atoms with Gasteiger partial charge in [-0.15, -0.1) is 0 Å². The van der Waals surface area contributed by atoms with E-state index in [4.69, 9.17) is 9.72 Å². The Bertz CT molecular complexity index is 1710. The lowest BCUT2D eigenvalue weighted by Crippen LogP contribution is -2.44. The number of aliphatic hydroxyl groups excluding tert-OH is 1. The number of fused-ring (bicyclic) bond motifs is 1. The number of anilines is 2. The molecule has 3 aromatic heterocycles. The van der Waals surface area contributed by atoms with Gasteiger partial charge in [-0.2, -0.15) is 0 Å². The number of nitrogens with one attached hydrogen (secondary N) is 2. The molecule has 1 aromatic carbocycles. The van der Waals surface area contributed by atoms with Crippen molar-refractivity contribution in [3.8, 4) is 17.0 Å². The molecule has 1 saturated heterocycles. The number of piperidine rings is 1. The normalized spacial score (nSPS) is 19.0. The van der Waals surface area contributed by atoms with Crippen LogP contribution in [0.2, 0.25) is 0 Å². The summed E-state index contributed by atoms with van der Waals surface area (Å²) in [6.07, 6.45) is 7.65. The average Bonchev–Trinajstić information content (AvgIpc) is 3.43. The van der Waals surface area contributed by atoms with E-state index in [0.717, 1.165) is 68.6 Å². The summed E-state index contributed by atoms with van der Waals surface area (Å²) < 4.78 is 23.5. The highest BCUT2D eigenvalue weighted by atomic mass is 19.1. The number of amides is 1. The summed E-state index contributed by atoms with van der Waals surface area (Å²) in [6.45, 7) is 5.61. The van der Waals surface area contributed by atoms with Crippen molar-refractivity contribution >= 4 is 28.6 Å². The topological polar surface area (TPSA) is 121 Å². The van der Waals surface area contributed by atoms with Crippen LogP contribution in [0.3, 0.4) is 0 Å². The van der Waals surface area contributed by atoms with E-state index < -0.39 is 11.7 Å². The van der Waals surface area contributed by atoms with Gasteiger partial charge in [-0.1, -0.05) is 0 Å². The Morgan fingerprint density at radius 1 is 1.09 bits per heavy atom. The highest BCUT2D eigenvalue weighted by Crippen LogP contribution is 2.37. The number of rotatable bonds is 10. The summed E-state index contributed by atoms with van der Waals surface area (Å²) in [5.41, 5.74) is 3.48. The van der Waals surface area contributed by atoms with Gasteiger partial charge in [0.05, 0.1) is 35.4 Å². The molecule has 1 aliphatic carbocycles. The van der Waals surface area contributed by atoms with Crippen LogP contribution in [0, 0.1) is 12.7 Å². The zero-order valence-electron chi connectivity index (χ0n) is 27.7. The Kier molecular flexibility index (Phi) is 10.00. The van der Waals surface area contributed by atoms with Crippen LogP contribution in [-0.2, 0) is 0 Å². The minimum absolute atomic E-state index is 0.00353. The number of benzene rings is 1. The molecular weight excluding hydrogens is 599 g/mol. The van der Waals surface area contributed by atoms with Crippen molar-refractivity contribution in [3.05, 3.63) is 59.8 Å². The maximum atomic E-state index is 16.0. The number of ether oxygens (including phenoxy) is 1. The predicted molar refractivity (Wildman–Crippen MR) is 182 cm³/mol. The average molecular weight is 645 g/mol. The molecule has 47 heavy (non-hydrogen) atoms. The first-order chi connectivity index (χ1) is 22.7. The van der Waals surface area contributed by atoms with Gasteiger partial charge in [0.2, 0.25) is 5.95 Å². The summed E-state index contributed by atoms with van der Waals surface area (Å²) >= 11 is 0. The standard InChI is InChI=1S/C35H45FN8O3/c1-22-19-27(32(36)33(39-22)28-21-37-14-11-31(28)47-4)34(46)41-35-40-29-10-7-25(20-30(29)44(35)24-5-8-26(45)9-6-24)43-16-12-23(13-17-43)38-15-18-42(2)3/h7,10-11,14,19-21,23-24,26,38,45H,5-6,8-9,12-13,15-18H2,1-4H3,(H,40,41,46)/t24-,26+. The third kappa shape index (κ3) is 7.24. The number of carbonyl (C=O) groups is 1. The fraction of sp³-hybridized carbons (Fsp3) is 0.486. The molecule has 0 atom stereocenters. The SMILES string of the molecule is COc1ccncc1-c1nc(C)cc(C(=O)Nc2nc3ccc(N4CCC(NCCN(C)C)CC4)cc3n2[C@H]2CC[C@@H](O)CC2)c1F. The minimum Gasteiger partial charge on any atom is -0.496 e. The van der Waals surface area contributed by atoms with Gasteiger partial charge in [-0.25, -0.2) is 14.4 Å². The van der Waals surface area contributed by atoms with E-state index in [-0.39, 0.29) is 23.4 Å². The number of halogens is 1. The lowest BCUT2D eigenvalue weighted by Gasteiger charge is -2.34. The number of aryl methyl sites for hydroxylation is 1. The Hall–Kier alpha value is -4.13. The van der Waals surface area contributed by atoms with Crippen LogP contribution in [0.4, 0.5) is 16.0 Å². The number of methoxy groups -OCH3 is 1. The molecular formula is C35H45FN8O3. The molecule has 1 saturated carbocycles. The van der Waals surface area contributed by atoms with Crippen molar-refractivity contribution in [3.63, 3.8) is 0 Å². The van der Waals surface area contributed by atoms with Crippen LogP contribution in [0.5, 0.6) is 5.75 Å². The van der Waals surface area contributed by atoms with Crippen molar-refractivity contribution in [2.45, 2.75) is 63.6 Å². The van der Waals surface area contributed by atoms with E-state index in [1.807, 2.05) is 6.07 Å². The molecule has 3 N–H and O–H groups in total. The lowest BCUT2D eigenvalue weighted by molar-refractivity contribution is 0.101. The van der Waals surface area contributed by atoms with Crippen LogP contribution in [-0.4, -0.2) is 95.0 Å². The number of aliphatic hydroxyl groups is 1. The molecule has 2 fully saturated rings. The van der Waals surface area contributed by atoms with Crippen molar-refractivity contribution in [2.24, 2.45) is 0 Å². The van der Waals surface area contributed by atoms with Gasteiger partial charge in [-0.05, 0) is 89.9 Å². The molecule has 4 aromatic rings. The van der Waals surface area contributed by atoms with E-state index in [9.17, 15) is 9.90 Å². The Balaban J connectivity index is 1.29. The second-order valence-electron chi connectivity index (χ2n) is 13.0. The molecule has 11 nitrogen and oxygen atoms in total. The van der Waals surface area contributed by atoms with Gasteiger partial charge in [0.15, 0.2) is 5.82 Å². The maximum absolute atomic E-state index is 16.0. The number of hydrogen-bond acceptors (Lipinski definition) is 9. The smallest absolute Gasteiger partial charge is 0.261 e. The van der Waals surface area contributed by atoms with Gasteiger partial charge in [0.1, 0.15) is 11.4 Å². The maximum Gasteiger partial charge on any atom is 0.261 e. The number of pyridine rings is 2. The largest absolute Gasteiger partial charge is 0.496 e. The second-order valence-corrected chi connectivity index (χ2v) is 13.0. The first kappa shape index (κ1) is 32.8. The van der Waals surface area contributed by atoms with Crippen LogP contribution in [0.15, 0.2) is 42.7 Å². The van der Waals surface area contributed by atoms with Crippen molar-refractivity contribution < 1.29 is 19.0 Å². The van der Waals surface area contributed by atoms with Gasteiger partial charge < -0.3 is 29.5 Å². The third-order valence-electron chi connectivity index (χ3n) is 9.37. The number of imidazole rings is 1. The van der Waals surface area contributed by atoms with Gasteiger partial charge in [0, 0.05) is 62.0 Å². The fourth-order valence-electron chi connectivity index (χ4n) is 6.79. The molecule has 2 aliphatic rings. The van der Waals surface area contributed by atoms with E-state index in [2.05, 4.69) is 61.2 Å². The lowest BCUT2D eigenvalue weighted by atomic mass is 9.93. The van der Waals surface area contributed by atoms with Gasteiger partial charge >= 0.3 is 0 Å². The Morgan fingerprint density at radius 2 is 1.85 bits per heavy atom. The third-order valence-corrected chi connectivity index (χ3v) is 9.37. The highest BCUT2D eigenvalue weighted by molar-refractivity contribution is 6.05. The monoisotopic (exact) mass is 644 g/mol. The van der Waals surface area contributed by atoms with E-state index in [1.165, 1.54) is 19.4 Å². The van der Waals surface area contributed by atoms with Crippen molar-refractivity contribution in [2.75, 3.05) is 57.6 Å². The summed E-state index contributed by atoms with van der Waals surface area (Å²) in [6, 6.07) is 9.86. The number of likely N-dealkylation sites (N-methyl/N-ethyl adjacent to an activating group) is 1. The molecule has 0 radical (unpaired) electrons. The first-order valence-corrected chi connectivity index (χ1v) is 16.5. The van der Waals surface area contributed by atoms with Crippen LogP contribution in [0.1, 0.15) is 60.6 Å². The molecule has 0 spiro atoms. The predicted octanol–water partition coefficient (Wildman–Crippen LogP) is 4.80. The zero-order valence-corrected chi connectivity index (χ0v) is 27.7. The van der Waals surface area contributed by atoms with Crippen LogP contribution >= 0.6 is 0 Å². The highest BCUT2D eigenvalue weighted by Gasteiger charge is 2.28. The minimum atomic E-state index is -0.759. The zero-order chi connectivity index (χ0) is 33.1. The Morgan fingerprint density at radius 3 is 2.57 bits per heavy atom. The number of carbonyl (C=O) groups excluding carboxylic acids is 1. The number of nitrogens with zero attached hydrogens (tertiary/aromatic N) is 6. The van der Waals surface area contributed by atoms with Crippen LogP contribution in [0.25, 0.3) is 22.3 Å². The second kappa shape index (κ2) is 14.3. The fourth-order valence-corrected chi connectivity index (χ4v) is 6.79. The summed E-state index contributed by atoms with van der Waals surface area (Å²) in [5, 5.41) is 16.9. The molecule has 0 bridgehead atoms. The van der Waals surface area contributed by atoms with Crippen molar-refractivity contribution in [1.82, 2.24) is 29.7 Å². The molecule has 6 rings (SSSR count). The number of hydrogen-bond donors (Lipinski definition) is 3. The summed E-state index contributed by atoms with van der Waals surface area (Å²) in [4.78, 5) is 31.8. The van der Waals surface area contributed by atoms with Crippen LogP contribution < -0.4 is 20.3 Å². The molecule has 4 heterocycles. The number of aromatic nitrogens is 4. The van der Waals surface area contributed by atoms with Gasteiger partial charge in [-0.3, -0.25) is 15.1 Å². The molecule has 250 valence electrons. The van der Waals surface area contributed by atoms with E-state index in [1.54, 1.807) is 19.2 Å². The molecule has 12 heteroatoms. The van der Waals surface area contributed by atoms with E-state index in [0.29, 0.717) is 41.8 Å². The van der Waals surface area contributed by atoms with Gasteiger partial charge in [0.25, 0.3) is 5.91 Å². The Labute approximate surface area is 275 Å².